The van der Waals surface area contributed by atoms with Gasteiger partial charge in [-0.2, -0.15) is 0 Å². The summed E-state index contributed by atoms with van der Waals surface area (Å²) in [6.07, 6.45) is 8.30. The summed E-state index contributed by atoms with van der Waals surface area (Å²) < 4.78 is 0. The first-order chi connectivity index (χ1) is 6.99. The molecule has 0 saturated carbocycles. The second-order valence-electron chi connectivity index (χ2n) is 4.52. The van der Waals surface area contributed by atoms with Crippen molar-refractivity contribution in [1.29, 1.82) is 0 Å². The molecule has 1 rings (SSSR count). The van der Waals surface area contributed by atoms with Gasteiger partial charge in [0, 0.05) is 5.41 Å². The number of nitrogens with zero attached hydrogens (tertiary/aromatic N) is 1. The second-order valence-corrected chi connectivity index (χ2v) is 5.55. The van der Waals surface area contributed by atoms with Gasteiger partial charge in [-0.15, -0.1) is 11.3 Å². The molecule has 0 amide bonds. The van der Waals surface area contributed by atoms with Crippen LogP contribution in [0.5, 0.6) is 0 Å². The van der Waals surface area contributed by atoms with E-state index in [2.05, 4.69) is 44.0 Å². The third-order valence-corrected chi connectivity index (χ3v) is 3.43. The average Bonchev–Trinajstić information content (AvgIpc) is 2.50. The quantitative estimate of drug-likeness (QED) is 0.716. The summed E-state index contributed by atoms with van der Waals surface area (Å²) in [6.45, 7) is 10.7. The molecule has 1 aromatic heterocycles. The van der Waals surface area contributed by atoms with Gasteiger partial charge in [-0.1, -0.05) is 32.9 Å². The molecular formula is C13H19NS. The number of hydrogen-bond donors (Lipinski definition) is 0. The van der Waals surface area contributed by atoms with Crippen LogP contribution in [0.1, 0.15) is 50.2 Å². The fourth-order valence-electron chi connectivity index (χ4n) is 1.21. The van der Waals surface area contributed by atoms with Crippen LogP contribution in [0.3, 0.4) is 0 Å². The number of thiazole rings is 1. The van der Waals surface area contributed by atoms with E-state index in [0.717, 1.165) is 5.69 Å². The number of rotatable bonds is 2. The van der Waals surface area contributed by atoms with E-state index in [-0.39, 0.29) is 5.41 Å². The SMILES string of the molecule is C/C=C\c1nc(C(C)(C)C)sc1/C=C\C. The molecule has 0 atom stereocenters. The van der Waals surface area contributed by atoms with Gasteiger partial charge in [-0.3, -0.25) is 0 Å². The maximum absolute atomic E-state index is 4.67. The smallest absolute Gasteiger partial charge is 0.0992 e. The molecule has 0 aliphatic heterocycles. The van der Waals surface area contributed by atoms with Crippen LogP contribution in [0.4, 0.5) is 0 Å². The van der Waals surface area contributed by atoms with E-state index >= 15 is 0 Å². The van der Waals surface area contributed by atoms with Crippen molar-refractivity contribution in [2.75, 3.05) is 0 Å². The van der Waals surface area contributed by atoms with Crippen molar-refractivity contribution in [1.82, 2.24) is 4.98 Å². The Morgan fingerprint density at radius 1 is 1.07 bits per heavy atom. The van der Waals surface area contributed by atoms with Crippen LogP contribution in [0.15, 0.2) is 12.2 Å². The molecule has 0 N–H and O–H groups in total. The fraction of sp³-hybridized carbons (Fsp3) is 0.462. The molecule has 1 aromatic rings. The van der Waals surface area contributed by atoms with Crippen molar-refractivity contribution in [2.24, 2.45) is 0 Å². The lowest BCUT2D eigenvalue weighted by atomic mass is 9.98. The maximum atomic E-state index is 4.67. The molecule has 1 heterocycles. The fourth-order valence-corrected chi connectivity index (χ4v) is 2.29. The van der Waals surface area contributed by atoms with Crippen LogP contribution in [0.25, 0.3) is 12.2 Å². The summed E-state index contributed by atoms with van der Waals surface area (Å²) in [6, 6.07) is 0. The minimum absolute atomic E-state index is 0.140. The van der Waals surface area contributed by atoms with Gasteiger partial charge in [-0.05, 0) is 26.0 Å². The molecule has 82 valence electrons. The summed E-state index contributed by atoms with van der Waals surface area (Å²) in [5.74, 6) is 0. The lowest BCUT2D eigenvalue weighted by molar-refractivity contribution is 0.585. The molecule has 0 spiro atoms. The van der Waals surface area contributed by atoms with E-state index < -0.39 is 0 Å². The van der Waals surface area contributed by atoms with Gasteiger partial charge >= 0.3 is 0 Å². The van der Waals surface area contributed by atoms with Gasteiger partial charge in [0.25, 0.3) is 0 Å². The topological polar surface area (TPSA) is 12.9 Å². The van der Waals surface area contributed by atoms with Gasteiger partial charge in [0.05, 0.1) is 15.6 Å². The summed E-state index contributed by atoms with van der Waals surface area (Å²) in [5, 5.41) is 1.20. The molecule has 0 aliphatic carbocycles. The van der Waals surface area contributed by atoms with Crippen molar-refractivity contribution in [3.05, 3.63) is 27.7 Å². The Labute approximate surface area is 96.6 Å². The Hall–Kier alpha value is -0.890. The van der Waals surface area contributed by atoms with Gasteiger partial charge in [0.15, 0.2) is 0 Å². The van der Waals surface area contributed by atoms with Crippen LogP contribution in [0.2, 0.25) is 0 Å². The minimum atomic E-state index is 0.140. The van der Waals surface area contributed by atoms with E-state index in [1.165, 1.54) is 9.88 Å². The lowest BCUT2D eigenvalue weighted by Gasteiger charge is -2.13. The van der Waals surface area contributed by atoms with Gasteiger partial charge in [0.1, 0.15) is 0 Å². The molecular weight excluding hydrogens is 202 g/mol. The summed E-state index contributed by atoms with van der Waals surface area (Å²) in [5.41, 5.74) is 1.23. The molecule has 2 heteroatoms. The maximum Gasteiger partial charge on any atom is 0.0992 e. The predicted octanol–water partition coefficient (Wildman–Crippen LogP) is 4.51. The van der Waals surface area contributed by atoms with Gasteiger partial charge in [0.2, 0.25) is 0 Å². The van der Waals surface area contributed by atoms with Crippen LogP contribution < -0.4 is 0 Å². The van der Waals surface area contributed by atoms with Crippen molar-refractivity contribution in [3.8, 4) is 0 Å². The molecule has 0 aliphatic rings. The summed E-state index contributed by atoms with van der Waals surface area (Å²) in [7, 11) is 0. The summed E-state index contributed by atoms with van der Waals surface area (Å²) in [4.78, 5) is 5.92. The van der Waals surface area contributed by atoms with E-state index in [1.54, 1.807) is 11.3 Å². The second kappa shape index (κ2) is 4.75. The van der Waals surface area contributed by atoms with Crippen LogP contribution in [-0.4, -0.2) is 4.98 Å². The van der Waals surface area contributed by atoms with Crippen LogP contribution in [-0.2, 0) is 5.41 Å². The number of aromatic nitrogens is 1. The van der Waals surface area contributed by atoms with E-state index in [4.69, 9.17) is 0 Å². The van der Waals surface area contributed by atoms with E-state index in [1.807, 2.05) is 19.9 Å². The standard InChI is InChI=1S/C13H19NS/c1-6-8-10-11(9-7-2)15-12(14-10)13(3,4)5/h6-9H,1-5H3/b8-6-,9-7-. The Morgan fingerprint density at radius 3 is 2.13 bits per heavy atom. The Balaban J connectivity index is 3.20. The molecule has 0 bridgehead atoms. The van der Waals surface area contributed by atoms with Crippen molar-refractivity contribution < 1.29 is 0 Å². The highest BCUT2D eigenvalue weighted by atomic mass is 32.1. The zero-order valence-corrected chi connectivity index (χ0v) is 11.0. The monoisotopic (exact) mass is 221 g/mol. The first-order valence-electron chi connectivity index (χ1n) is 5.25. The lowest BCUT2D eigenvalue weighted by Crippen LogP contribution is -2.10. The highest BCUT2D eigenvalue weighted by molar-refractivity contribution is 7.12. The molecule has 0 saturated heterocycles. The van der Waals surface area contributed by atoms with Crippen molar-refractivity contribution in [3.63, 3.8) is 0 Å². The van der Waals surface area contributed by atoms with E-state index in [9.17, 15) is 0 Å². The Kier molecular flexibility index (Phi) is 3.86. The van der Waals surface area contributed by atoms with Gasteiger partial charge < -0.3 is 0 Å². The Bertz CT molecular complexity index is 348. The molecule has 0 fully saturated rings. The molecule has 15 heavy (non-hydrogen) atoms. The Morgan fingerprint density at radius 2 is 1.67 bits per heavy atom. The third-order valence-electron chi connectivity index (χ3n) is 1.97. The summed E-state index contributed by atoms with van der Waals surface area (Å²) >= 11 is 1.78. The van der Waals surface area contributed by atoms with Crippen LogP contribution >= 0.6 is 11.3 Å². The van der Waals surface area contributed by atoms with Gasteiger partial charge in [-0.25, -0.2) is 4.98 Å². The number of allylic oxidation sites excluding steroid dienone is 2. The molecule has 1 nitrogen and oxygen atoms in total. The highest BCUT2D eigenvalue weighted by Gasteiger charge is 2.19. The molecule has 0 aromatic carbocycles. The van der Waals surface area contributed by atoms with Crippen LogP contribution in [0, 0.1) is 0 Å². The average molecular weight is 221 g/mol. The zero-order chi connectivity index (χ0) is 11.5. The number of hydrogen-bond acceptors (Lipinski definition) is 2. The molecule has 0 radical (unpaired) electrons. The predicted molar refractivity (Wildman–Crippen MR) is 70.2 cm³/mol. The first-order valence-corrected chi connectivity index (χ1v) is 6.07. The van der Waals surface area contributed by atoms with Crippen molar-refractivity contribution >= 4 is 23.5 Å². The first kappa shape index (κ1) is 12.2. The largest absolute Gasteiger partial charge is 0.241 e. The third kappa shape index (κ3) is 3.03. The van der Waals surface area contributed by atoms with Crippen molar-refractivity contribution in [2.45, 2.75) is 40.0 Å². The highest BCUT2D eigenvalue weighted by Crippen LogP contribution is 2.30. The normalized spacial score (nSPS) is 13.1. The molecule has 0 unspecified atom stereocenters. The van der Waals surface area contributed by atoms with E-state index in [0.29, 0.717) is 0 Å². The zero-order valence-electron chi connectivity index (χ0n) is 10.2. The minimum Gasteiger partial charge on any atom is -0.241 e.